The number of hydrogen-bond acceptors (Lipinski definition) is 5. The van der Waals surface area contributed by atoms with E-state index < -0.39 is 0 Å². The van der Waals surface area contributed by atoms with Crippen LogP contribution in [0.3, 0.4) is 0 Å². The summed E-state index contributed by atoms with van der Waals surface area (Å²) in [7, 11) is 0. The molecule has 194 valence electrons. The fraction of sp³-hybridized carbons (Fsp3) is 0. The van der Waals surface area contributed by atoms with Crippen molar-refractivity contribution >= 4 is 55.4 Å². The van der Waals surface area contributed by atoms with Crippen molar-refractivity contribution in [3.63, 3.8) is 0 Å². The molecule has 0 amide bonds. The maximum atomic E-state index is 6.42. The van der Waals surface area contributed by atoms with Gasteiger partial charge in [-0.1, -0.05) is 42.5 Å². The van der Waals surface area contributed by atoms with Crippen LogP contribution in [0.1, 0.15) is 0 Å². The van der Waals surface area contributed by atoms with E-state index in [1.807, 2.05) is 85.1 Å². The van der Waals surface area contributed by atoms with Crippen LogP contribution in [-0.4, -0.2) is 16.7 Å². The van der Waals surface area contributed by atoms with Crippen molar-refractivity contribution < 1.29 is 30.5 Å². The molecule has 0 radical (unpaired) electrons. The minimum Gasteiger partial charge on any atom is -0.503 e. The third kappa shape index (κ3) is 3.78. The number of hydrogen-bond donors (Lipinski definition) is 0. The molecule has 0 saturated carbocycles. The molecule has 0 aliphatic carbocycles. The summed E-state index contributed by atoms with van der Waals surface area (Å²) in [6.07, 6.45) is 1.86. The van der Waals surface area contributed by atoms with Crippen LogP contribution in [-0.2, 0) is 21.1 Å². The second-order valence-corrected chi connectivity index (χ2v) is 11.0. The summed E-state index contributed by atoms with van der Waals surface area (Å²) < 4.78 is 14.0. The Balaban J connectivity index is 0.00000256. The van der Waals surface area contributed by atoms with Crippen molar-refractivity contribution in [2.45, 2.75) is 0 Å². The molecule has 0 atom stereocenters. The van der Waals surface area contributed by atoms with Crippen molar-refractivity contribution in [1.29, 1.82) is 0 Å². The first-order valence-corrected chi connectivity index (χ1v) is 13.9. The molecule has 4 nitrogen and oxygen atoms in total. The SMILES string of the molecule is [Pt+2].[c-]1c(-c2nc3ccccc3s2)ccc2c1B1c3[c-]c(-c4nccc5ccccc45)ccc3Oc3cccc(c31)O2. The van der Waals surface area contributed by atoms with Crippen LogP contribution in [0.5, 0.6) is 23.0 Å². The van der Waals surface area contributed by atoms with Crippen LogP contribution in [0.2, 0.25) is 0 Å². The van der Waals surface area contributed by atoms with Crippen molar-refractivity contribution in [2.24, 2.45) is 0 Å². The molecule has 2 aliphatic rings. The fourth-order valence-corrected chi connectivity index (χ4v) is 6.79. The second kappa shape index (κ2) is 9.41. The van der Waals surface area contributed by atoms with Crippen molar-refractivity contribution in [2.75, 3.05) is 0 Å². The molecule has 0 saturated heterocycles. The average Bonchev–Trinajstić information content (AvgIpc) is 3.45. The third-order valence-electron chi connectivity index (χ3n) is 7.66. The average molecular weight is 723 g/mol. The summed E-state index contributed by atoms with van der Waals surface area (Å²) in [6.45, 7) is -0.150. The number of para-hydroxylation sites is 1. The molecule has 4 heterocycles. The molecule has 0 spiro atoms. The number of pyridine rings is 1. The summed E-state index contributed by atoms with van der Waals surface area (Å²) >= 11 is 1.68. The minimum absolute atomic E-state index is 0. The van der Waals surface area contributed by atoms with Gasteiger partial charge < -0.3 is 14.5 Å². The van der Waals surface area contributed by atoms with Gasteiger partial charge in [-0.3, -0.25) is 4.98 Å². The maximum Gasteiger partial charge on any atom is 2.00 e. The van der Waals surface area contributed by atoms with Gasteiger partial charge in [-0.15, -0.1) is 58.5 Å². The number of fused-ring (bicyclic) bond motifs is 6. The van der Waals surface area contributed by atoms with Crippen LogP contribution >= 0.6 is 11.3 Å². The van der Waals surface area contributed by atoms with E-state index in [4.69, 9.17) is 19.4 Å². The Labute approximate surface area is 255 Å². The Morgan fingerprint density at radius 2 is 1.37 bits per heavy atom. The van der Waals surface area contributed by atoms with Gasteiger partial charge in [0.25, 0.3) is 0 Å². The molecular weight excluding hydrogens is 706 g/mol. The number of ether oxygens (including phenoxy) is 2. The zero-order valence-electron chi connectivity index (χ0n) is 21.3. The molecule has 7 aromatic rings. The number of thiazole rings is 1. The van der Waals surface area contributed by atoms with Gasteiger partial charge in [-0.25, -0.2) is 0 Å². The molecule has 9 rings (SSSR count). The van der Waals surface area contributed by atoms with Crippen molar-refractivity contribution in [1.82, 2.24) is 9.97 Å². The van der Waals surface area contributed by atoms with E-state index in [-0.39, 0.29) is 27.8 Å². The van der Waals surface area contributed by atoms with Gasteiger partial charge in [0.15, 0.2) is 0 Å². The number of nitrogens with zero attached hydrogens (tertiary/aromatic N) is 2. The summed E-state index contributed by atoms with van der Waals surface area (Å²) in [5.74, 6) is 3.16. The molecule has 5 aromatic carbocycles. The zero-order chi connectivity index (χ0) is 26.2. The van der Waals surface area contributed by atoms with Gasteiger partial charge in [-0.2, -0.15) is 11.3 Å². The quantitative estimate of drug-likeness (QED) is 0.151. The van der Waals surface area contributed by atoms with Crippen molar-refractivity contribution in [3.05, 3.63) is 115 Å². The predicted molar refractivity (Wildman–Crippen MR) is 161 cm³/mol. The van der Waals surface area contributed by atoms with Gasteiger partial charge in [0.2, 0.25) is 6.71 Å². The van der Waals surface area contributed by atoms with E-state index in [1.54, 1.807) is 11.3 Å². The van der Waals surface area contributed by atoms with Gasteiger partial charge >= 0.3 is 21.1 Å². The Kier molecular flexibility index (Phi) is 5.63. The molecule has 7 heteroatoms. The van der Waals surface area contributed by atoms with E-state index in [0.717, 1.165) is 82.2 Å². The summed E-state index contributed by atoms with van der Waals surface area (Å²) in [4.78, 5) is 9.65. The number of benzene rings is 5. The first kappa shape index (κ1) is 24.5. The molecule has 41 heavy (non-hydrogen) atoms. The van der Waals surface area contributed by atoms with Gasteiger partial charge in [0, 0.05) is 32.9 Å². The Morgan fingerprint density at radius 3 is 2.17 bits per heavy atom. The second-order valence-electron chi connectivity index (χ2n) is 9.97. The molecule has 0 unspecified atom stereocenters. The number of aromatic nitrogens is 2. The Morgan fingerprint density at radius 1 is 0.659 bits per heavy atom. The predicted octanol–water partition coefficient (Wildman–Crippen LogP) is 6.50. The normalized spacial score (nSPS) is 12.5. The standard InChI is InChI=1S/C34H17BN2O2S.Pt/c1-2-7-23-20(6-1)16-17-36-33(23)21-12-14-27-24(18-21)35-25-19-22(34-37-26-8-3-4-11-31(26)40-34)13-15-28(25)39-30-10-5-9-29(38-27)32(30)35;/h1-17H;/q-2;+2. The first-order chi connectivity index (χ1) is 19.8. The molecule has 0 fully saturated rings. The van der Waals surface area contributed by atoms with E-state index in [1.165, 1.54) is 0 Å². The van der Waals surface area contributed by atoms with Gasteiger partial charge in [-0.05, 0) is 46.8 Å². The van der Waals surface area contributed by atoms with E-state index in [0.29, 0.717) is 0 Å². The van der Waals surface area contributed by atoms with Crippen LogP contribution in [0.25, 0.3) is 42.8 Å². The monoisotopic (exact) mass is 723 g/mol. The summed E-state index contributed by atoms with van der Waals surface area (Å²) in [5, 5.41) is 3.18. The molecular formula is C34H17BN2O2PtS. The van der Waals surface area contributed by atoms with E-state index in [9.17, 15) is 0 Å². The fourth-order valence-electron chi connectivity index (χ4n) is 5.84. The van der Waals surface area contributed by atoms with Crippen molar-refractivity contribution in [3.8, 4) is 44.8 Å². The smallest absolute Gasteiger partial charge is 0.503 e. The van der Waals surface area contributed by atoms with Crippen LogP contribution in [0.15, 0.2) is 103 Å². The molecule has 2 aromatic heterocycles. The Hall–Kier alpha value is -4.25. The molecule has 0 bridgehead atoms. The zero-order valence-corrected chi connectivity index (χ0v) is 24.4. The summed E-state index contributed by atoms with van der Waals surface area (Å²) in [5.41, 5.74) is 6.68. The van der Waals surface area contributed by atoms with E-state index in [2.05, 4.69) is 30.3 Å². The van der Waals surface area contributed by atoms with Gasteiger partial charge in [0.05, 0.1) is 5.52 Å². The first-order valence-electron chi connectivity index (χ1n) is 13.1. The largest absolute Gasteiger partial charge is 2.00 e. The maximum absolute atomic E-state index is 6.42. The minimum atomic E-state index is -0.150. The molecule has 0 N–H and O–H groups in total. The van der Waals surface area contributed by atoms with Crippen LogP contribution in [0.4, 0.5) is 0 Å². The van der Waals surface area contributed by atoms with E-state index >= 15 is 0 Å². The number of rotatable bonds is 2. The topological polar surface area (TPSA) is 44.2 Å². The Bertz CT molecular complexity index is 2110. The molecule has 2 aliphatic heterocycles. The third-order valence-corrected chi connectivity index (χ3v) is 8.73. The van der Waals surface area contributed by atoms with Crippen LogP contribution in [0, 0.1) is 12.1 Å². The summed E-state index contributed by atoms with van der Waals surface area (Å²) in [6, 6.07) is 40.1. The van der Waals surface area contributed by atoms with Crippen LogP contribution < -0.4 is 25.9 Å². The van der Waals surface area contributed by atoms with Gasteiger partial charge in [0.1, 0.15) is 11.5 Å².